The summed E-state index contributed by atoms with van der Waals surface area (Å²) in [6.45, 7) is 6.08. The average Bonchev–Trinajstić information content (AvgIpc) is 3.25. The Kier molecular flexibility index (Phi) is 4.92. The summed E-state index contributed by atoms with van der Waals surface area (Å²) in [7, 11) is 0. The van der Waals surface area contributed by atoms with Crippen molar-refractivity contribution in [2.75, 3.05) is 5.32 Å². The molecule has 3 aromatic heterocycles. The smallest absolute Gasteiger partial charge is 0.267 e. The van der Waals surface area contributed by atoms with Gasteiger partial charge in [-0.3, -0.25) is 14.2 Å². The van der Waals surface area contributed by atoms with Crippen LogP contribution in [0.2, 0.25) is 0 Å². The van der Waals surface area contributed by atoms with Gasteiger partial charge in [-0.1, -0.05) is 37.3 Å². The van der Waals surface area contributed by atoms with Crippen molar-refractivity contribution in [1.29, 1.82) is 0 Å². The fourth-order valence-electron chi connectivity index (χ4n) is 3.14. The summed E-state index contributed by atoms with van der Waals surface area (Å²) in [5.41, 5.74) is 4.04. The molecule has 0 unspecified atom stereocenters. The lowest BCUT2D eigenvalue weighted by Gasteiger charge is -2.07. The number of aryl methyl sites for hydroxylation is 1. The maximum absolute atomic E-state index is 12.8. The van der Waals surface area contributed by atoms with Gasteiger partial charge in [0.2, 0.25) is 4.96 Å². The molecule has 7 heteroatoms. The van der Waals surface area contributed by atoms with Crippen molar-refractivity contribution in [2.45, 2.75) is 33.1 Å². The average molecular weight is 392 g/mol. The van der Waals surface area contributed by atoms with Crippen LogP contribution in [0.1, 0.15) is 52.1 Å². The summed E-state index contributed by atoms with van der Waals surface area (Å²) in [6, 6.07) is 11.9. The molecule has 4 aromatic rings. The summed E-state index contributed by atoms with van der Waals surface area (Å²) in [4.78, 5) is 18.2. The van der Waals surface area contributed by atoms with Crippen LogP contribution in [0.4, 0.5) is 5.69 Å². The van der Waals surface area contributed by atoms with Crippen LogP contribution in [-0.2, 0) is 6.42 Å². The van der Waals surface area contributed by atoms with Crippen molar-refractivity contribution in [1.82, 2.24) is 19.6 Å². The first-order chi connectivity index (χ1) is 13.5. The molecule has 1 aromatic carbocycles. The Bertz CT molecular complexity index is 1110. The van der Waals surface area contributed by atoms with E-state index in [1.54, 1.807) is 12.4 Å². The molecule has 0 saturated carbocycles. The molecule has 0 aliphatic rings. The molecule has 142 valence electrons. The molecule has 0 bridgehead atoms. The third-order valence-corrected chi connectivity index (χ3v) is 5.74. The molecule has 1 amide bonds. The van der Waals surface area contributed by atoms with Crippen LogP contribution in [0.25, 0.3) is 4.96 Å². The molecule has 6 nitrogen and oxygen atoms in total. The number of hydrogen-bond acceptors (Lipinski definition) is 5. The predicted octanol–water partition coefficient (Wildman–Crippen LogP) is 4.46. The molecule has 0 aliphatic heterocycles. The molecule has 0 aliphatic carbocycles. The van der Waals surface area contributed by atoms with E-state index in [0.29, 0.717) is 4.88 Å². The number of rotatable bonds is 5. The SMILES string of the molecule is Cc1c(C(=O)Nc2ccc(Cc3ccncc3)cc2)sc2nnc(C(C)C)n12. The van der Waals surface area contributed by atoms with Gasteiger partial charge in [0, 0.05) is 29.7 Å². The monoisotopic (exact) mass is 391 g/mol. The summed E-state index contributed by atoms with van der Waals surface area (Å²) in [5, 5.41) is 11.4. The number of hydrogen-bond donors (Lipinski definition) is 1. The molecule has 0 atom stereocenters. The van der Waals surface area contributed by atoms with E-state index < -0.39 is 0 Å². The second kappa shape index (κ2) is 7.52. The van der Waals surface area contributed by atoms with Crippen LogP contribution in [0.15, 0.2) is 48.8 Å². The van der Waals surface area contributed by atoms with E-state index in [1.807, 2.05) is 47.7 Å². The number of aromatic nitrogens is 4. The molecule has 1 N–H and O–H groups in total. The lowest BCUT2D eigenvalue weighted by molar-refractivity contribution is 0.102. The van der Waals surface area contributed by atoms with Crippen LogP contribution >= 0.6 is 11.3 Å². The van der Waals surface area contributed by atoms with Crippen molar-refractivity contribution in [3.05, 3.63) is 76.3 Å². The Morgan fingerprint density at radius 2 is 1.75 bits per heavy atom. The number of carbonyl (C=O) groups is 1. The van der Waals surface area contributed by atoms with E-state index in [2.05, 4.69) is 34.3 Å². The zero-order valence-corrected chi connectivity index (χ0v) is 16.8. The Labute approximate surface area is 167 Å². The summed E-state index contributed by atoms with van der Waals surface area (Å²) >= 11 is 1.37. The van der Waals surface area contributed by atoms with E-state index in [1.165, 1.54) is 22.5 Å². The van der Waals surface area contributed by atoms with Gasteiger partial charge in [0.1, 0.15) is 10.7 Å². The van der Waals surface area contributed by atoms with Gasteiger partial charge in [-0.15, -0.1) is 10.2 Å². The minimum absolute atomic E-state index is 0.121. The van der Waals surface area contributed by atoms with Gasteiger partial charge in [-0.2, -0.15) is 0 Å². The molecule has 28 heavy (non-hydrogen) atoms. The van der Waals surface area contributed by atoms with Gasteiger partial charge in [0.25, 0.3) is 5.91 Å². The summed E-state index contributed by atoms with van der Waals surface area (Å²) in [6.07, 6.45) is 4.43. The van der Waals surface area contributed by atoms with Gasteiger partial charge in [0.05, 0.1) is 0 Å². The maximum atomic E-state index is 12.8. The number of fused-ring (bicyclic) bond motifs is 1. The molecule has 0 fully saturated rings. The fourth-order valence-corrected chi connectivity index (χ4v) is 4.11. The highest BCUT2D eigenvalue weighted by Crippen LogP contribution is 2.26. The first-order valence-corrected chi connectivity index (χ1v) is 9.98. The van der Waals surface area contributed by atoms with Gasteiger partial charge >= 0.3 is 0 Å². The van der Waals surface area contributed by atoms with Gasteiger partial charge in [-0.25, -0.2) is 0 Å². The summed E-state index contributed by atoms with van der Waals surface area (Å²) < 4.78 is 1.97. The van der Waals surface area contributed by atoms with E-state index in [9.17, 15) is 4.79 Å². The maximum Gasteiger partial charge on any atom is 0.267 e. The largest absolute Gasteiger partial charge is 0.321 e. The number of pyridine rings is 1. The quantitative estimate of drug-likeness (QED) is 0.545. The van der Waals surface area contributed by atoms with Crippen LogP contribution in [0, 0.1) is 6.92 Å². The number of nitrogens with zero attached hydrogens (tertiary/aromatic N) is 4. The van der Waals surface area contributed by atoms with Crippen molar-refractivity contribution in [3.63, 3.8) is 0 Å². The summed E-state index contributed by atoms with van der Waals surface area (Å²) in [5.74, 6) is 1.00. The molecule has 0 radical (unpaired) electrons. The molecule has 0 spiro atoms. The fraction of sp³-hybridized carbons (Fsp3) is 0.238. The van der Waals surface area contributed by atoms with Gasteiger partial charge in [-0.05, 0) is 48.7 Å². The van der Waals surface area contributed by atoms with Gasteiger partial charge in [0.15, 0.2) is 0 Å². The topological polar surface area (TPSA) is 72.2 Å². The van der Waals surface area contributed by atoms with Crippen LogP contribution in [0.3, 0.4) is 0 Å². The molecule has 0 saturated heterocycles. The van der Waals surface area contributed by atoms with Crippen molar-refractivity contribution in [3.8, 4) is 0 Å². The van der Waals surface area contributed by atoms with Crippen LogP contribution in [-0.4, -0.2) is 25.5 Å². The first-order valence-electron chi connectivity index (χ1n) is 9.16. The number of thiazole rings is 1. The van der Waals surface area contributed by atoms with E-state index in [-0.39, 0.29) is 11.8 Å². The zero-order valence-electron chi connectivity index (χ0n) is 16.0. The first kappa shape index (κ1) is 18.3. The third kappa shape index (κ3) is 3.53. The second-order valence-electron chi connectivity index (χ2n) is 7.03. The zero-order chi connectivity index (χ0) is 19.7. The minimum Gasteiger partial charge on any atom is -0.321 e. The predicted molar refractivity (Wildman–Crippen MR) is 111 cm³/mol. The Morgan fingerprint density at radius 1 is 1.07 bits per heavy atom. The van der Waals surface area contributed by atoms with E-state index >= 15 is 0 Å². The highest BCUT2D eigenvalue weighted by molar-refractivity contribution is 7.19. The van der Waals surface area contributed by atoms with Crippen molar-refractivity contribution < 1.29 is 4.79 Å². The normalized spacial score (nSPS) is 11.3. The molecule has 3 heterocycles. The Morgan fingerprint density at radius 3 is 2.43 bits per heavy atom. The molecular weight excluding hydrogens is 370 g/mol. The number of carbonyl (C=O) groups excluding carboxylic acids is 1. The molecule has 4 rings (SSSR count). The molecular formula is C21H21N5OS. The Balaban J connectivity index is 1.51. The highest BCUT2D eigenvalue weighted by atomic mass is 32.1. The van der Waals surface area contributed by atoms with E-state index in [0.717, 1.165) is 28.6 Å². The lowest BCUT2D eigenvalue weighted by Crippen LogP contribution is -2.12. The number of amides is 1. The Hall–Kier alpha value is -3.06. The van der Waals surface area contributed by atoms with Gasteiger partial charge < -0.3 is 5.32 Å². The van der Waals surface area contributed by atoms with Crippen LogP contribution in [0.5, 0.6) is 0 Å². The third-order valence-electron chi connectivity index (χ3n) is 4.61. The number of nitrogens with one attached hydrogen (secondary N) is 1. The standard InChI is InChI=1S/C21H21N5OS/c1-13(2)19-24-25-21-26(19)14(3)18(28-21)20(27)23-17-6-4-15(5-7-17)12-16-8-10-22-11-9-16/h4-11,13H,12H2,1-3H3,(H,23,27). The number of benzene rings is 1. The van der Waals surface area contributed by atoms with Crippen molar-refractivity contribution in [2.24, 2.45) is 0 Å². The minimum atomic E-state index is -0.121. The van der Waals surface area contributed by atoms with E-state index in [4.69, 9.17) is 0 Å². The van der Waals surface area contributed by atoms with Crippen LogP contribution < -0.4 is 5.32 Å². The second-order valence-corrected chi connectivity index (χ2v) is 8.01. The van der Waals surface area contributed by atoms with Crippen molar-refractivity contribution >= 4 is 27.9 Å². The lowest BCUT2D eigenvalue weighted by atomic mass is 10.1. The number of anilines is 1. The highest BCUT2D eigenvalue weighted by Gasteiger charge is 2.21.